The van der Waals surface area contributed by atoms with Crippen molar-refractivity contribution >= 4 is 12.2 Å². The number of hydrogen-bond acceptors (Lipinski definition) is 2. The van der Waals surface area contributed by atoms with Gasteiger partial charge in [0.2, 0.25) is 0 Å². The summed E-state index contributed by atoms with van der Waals surface area (Å²) in [4.78, 5) is 10.7. The van der Waals surface area contributed by atoms with Gasteiger partial charge in [-0.05, 0) is 50.5 Å². The lowest BCUT2D eigenvalue weighted by Gasteiger charge is -2.29. The largest absolute Gasteiger partial charge is 0.465 e. The Morgan fingerprint density at radius 1 is 1.13 bits per heavy atom. The second-order valence-corrected chi connectivity index (χ2v) is 6.91. The Labute approximate surface area is 138 Å². The summed E-state index contributed by atoms with van der Waals surface area (Å²) >= 11 is 0. The summed E-state index contributed by atoms with van der Waals surface area (Å²) in [5, 5.41) is 15.1. The first kappa shape index (κ1) is 16.1. The number of carboxylic acid groups (broad SMARTS) is 1. The van der Waals surface area contributed by atoms with Crippen LogP contribution in [0.5, 0.6) is 0 Å². The minimum absolute atomic E-state index is 0.139. The number of carbonyl (C=O) groups is 1. The third-order valence-electron chi connectivity index (χ3n) is 5.07. The van der Waals surface area contributed by atoms with E-state index in [1.54, 1.807) is 0 Å². The zero-order chi connectivity index (χ0) is 16.2. The molecule has 2 aliphatic rings. The Kier molecular flexibility index (Phi) is 5.01. The molecule has 3 N–H and O–H groups in total. The highest BCUT2D eigenvalue weighted by Gasteiger charge is 2.39. The molecule has 2 fully saturated rings. The zero-order valence-corrected chi connectivity index (χ0v) is 13.7. The van der Waals surface area contributed by atoms with Gasteiger partial charge < -0.3 is 15.7 Å². The molecule has 4 heteroatoms. The maximum atomic E-state index is 10.7. The van der Waals surface area contributed by atoms with Crippen molar-refractivity contribution in [3.05, 3.63) is 41.5 Å². The summed E-state index contributed by atoms with van der Waals surface area (Å²) in [6.45, 7) is 2.23. The predicted octanol–water partition coefficient (Wildman–Crippen LogP) is 3.65. The van der Waals surface area contributed by atoms with E-state index in [4.69, 9.17) is 5.11 Å². The molecule has 2 saturated carbocycles. The molecule has 1 aromatic rings. The van der Waals surface area contributed by atoms with E-state index in [9.17, 15) is 4.79 Å². The molecule has 0 saturated heterocycles. The lowest BCUT2D eigenvalue weighted by Crippen LogP contribution is -2.42. The van der Waals surface area contributed by atoms with Gasteiger partial charge in [0.15, 0.2) is 0 Å². The van der Waals surface area contributed by atoms with Crippen molar-refractivity contribution in [3.63, 3.8) is 0 Å². The molecule has 0 aromatic heterocycles. The van der Waals surface area contributed by atoms with E-state index in [2.05, 4.69) is 47.9 Å². The van der Waals surface area contributed by atoms with Gasteiger partial charge in [0, 0.05) is 18.1 Å². The standard InChI is InChI=1S/C19H26N2O2/c1-13(11-14-5-3-2-4-6-14)17-12-18(17)20-15-7-9-16(10-8-15)21-19(22)23/h2-6,11,15-18,20-21H,7-10,12H2,1H3,(H,22,23)/t15?,16?,17?,18-/m0/s1. The van der Waals surface area contributed by atoms with Crippen LogP contribution < -0.4 is 10.6 Å². The molecule has 0 spiro atoms. The van der Waals surface area contributed by atoms with Crippen molar-refractivity contribution in [1.29, 1.82) is 0 Å². The van der Waals surface area contributed by atoms with Crippen LogP contribution >= 0.6 is 0 Å². The van der Waals surface area contributed by atoms with Crippen molar-refractivity contribution in [3.8, 4) is 0 Å². The molecule has 4 nitrogen and oxygen atoms in total. The first-order valence-corrected chi connectivity index (χ1v) is 8.60. The van der Waals surface area contributed by atoms with Crippen molar-refractivity contribution in [2.75, 3.05) is 0 Å². The summed E-state index contributed by atoms with van der Waals surface area (Å²) in [6.07, 6.45) is 6.64. The van der Waals surface area contributed by atoms with Gasteiger partial charge in [-0.2, -0.15) is 0 Å². The first-order chi connectivity index (χ1) is 11.1. The normalized spacial score (nSPS) is 30.7. The maximum Gasteiger partial charge on any atom is 0.404 e. The van der Waals surface area contributed by atoms with E-state index in [1.807, 2.05) is 6.07 Å². The van der Waals surface area contributed by atoms with E-state index in [0.717, 1.165) is 25.7 Å². The van der Waals surface area contributed by atoms with Crippen molar-refractivity contribution in [2.45, 2.75) is 57.2 Å². The molecule has 1 unspecified atom stereocenters. The number of nitrogens with one attached hydrogen (secondary N) is 2. The summed E-state index contributed by atoms with van der Waals surface area (Å²) in [7, 11) is 0. The Bertz CT molecular complexity index is 562. The van der Waals surface area contributed by atoms with E-state index < -0.39 is 6.09 Å². The average Bonchev–Trinajstić information content (AvgIpc) is 3.29. The smallest absolute Gasteiger partial charge is 0.404 e. The third-order valence-corrected chi connectivity index (χ3v) is 5.07. The summed E-state index contributed by atoms with van der Waals surface area (Å²) in [5.41, 5.74) is 2.73. The molecular weight excluding hydrogens is 288 g/mol. The summed E-state index contributed by atoms with van der Waals surface area (Å²) in [6, 6.07) is 11.8. The van der Waals surface area contributed by atoms with Gasteiger partial charge in [-0.25, -0.2) is 4.79 Å². The van der Waals surface area contributed by atoms with Gasteiger partial charge in [0.1, 0.15) is 0 Å². The molecule has 2 atom stereocenters. The van der Waals surface area contributed by atoms with Gasteiger partial charge in [-0.15, -0.1) is 0 Å². The highest BCUT2D eigenvalue weighted by Crippen LogP contribution is 2.39. The van der Waals surface area contributed by atoms with Crippen LogP contribution in [0.1, 0.15) is 44.6 Å². The molecule has 0 heterocycles. The fourth-order valence-corrected chi connectivity index (χ4v) is 3.68. The molecule has 1 amide bonds. The quantitative estimate of drug-likeness (QED) is 0.777. The third kappa shape index (κ3) is 4.58. The van der Waals surface area contributed by atoms with Gasteiger partial charge in [0.25, 0.3) is 0 Å². The van der Waals surface area contributed by atoms with Crippen LogP contribution in [0.4, 0.5) is 4.79 Å². The van der Waals surface area contributed by atoms with Crippen LogP contribution in [0, 0.1) is 5.92 Å². The molecule has 0 radical (unpaired) electrons. The summed E-state index contributed by atoms with van der Waals surface area (Å²) < 4.78 is 0. The second kappa shape index (κ2) is 7.18. The predicted molar refractivity (Wildman–Crippen MR) is 92.3 cm³/mol. The van der Waals surface area contributed by atoms with Crippen LogP contribution in [0.2, 0.25) is 0 Å². The van der Waals surface area contributed by atoms with E-state index in [1.165, 1.54) is 17.6 Å². The van der Waals surface area contributed by atoms with Crippen LogP contribution in [-0.2, 0) is 0 Å². The van der Waals surface area contributed by atoms with E-state index >= 15 is 0 Å². The van der Waals surface area contributed by atoms with Crippen LogP contribution in [0.25, 0.3) is 6.08 Å². The fourth-order valence-electron chi connectivity index (χ4n) is 3.68. The zero-order valence-electron chi connectivity index (χ0n) is 13.7. The van der Waals surface area contributed by atoms with E-state index in [0.29, 0.717) is 18.0 Å². The molecule has 23 heavy (non-hydrogen) atoms. The highest BCUT2D eigenvalue weighted by atomic mass is 16.4. The van der Waals surface area contributed by atoms with Crippen LogP contribution in [-0.4, -0.2) is 29.3 Å². The van der Waals surface area contributed by atoms with Crippen molar-refractivity contribution < 1.29 is 9.90 Å². The first-order valence-electron chi connectivity index (χ1n) is 8.60. The minimum atomic E-state index is -0.898. The average molecular weight is 314 g/mol. The number of rotatable bonds is 5. The Hall–Kier alpha value is -1.81. The van der Waals surface area contributed by atoms with Gasteiger partial charge in [0.05, 0.1) is 0 Å². The number of hydrogen-bond donors (Lipinski definition) is 3. The lowest BCUT2D eigenvalue weighted by atomic mass is 9.91. The van der Waals surface area contributed by atoms with E-state index in [-0.39, 0.29) is 6.04 Å². The van der Waals surface area contributed by atoms with Crippen LogP contribution in [0.3, 0.4) is 0 Å². The fraction of sp³-hybridized carbons (Fsp3) is 0.526. The van der Waals surface area contributed by atoms with Crippen LogP contribution in [0.15, 0.2) is 35.9 Å². The number of benzene rings is 1. The monoisotopic (exact) mass is 314 g/mol. The van der Waals surface area contributed by atoms with Gasteiger partial charge in [-0.3, -0.25) is 0 Å². The lowest BCUT2D eigenvalue weighted by molar-refractivity contribution is 0.183. The number of amides is 1. The molecule has 1 aromatic carbocycles. The van der Waals surface area contributed by atoms with Gasteiger partial charge >= 0.3 is 6.09 Å². The Morgan fingerprint density at radius 2 is 1.78 bits per heavy atom. The molecule has 0 bridgehead atoms. The molecule has 3 rings (SSSR count). The summed E-state index contributed by atoms with van der Waals surface area (Å²) in [5.74, 6) is 0.657. The highest BCUT2D eigenvalue weighted by molar-refractivity contribution is 5.64. The SMILES string of the molecule is CC(=Cc1ccccc1)C1C[C@@H]1NC1CCC(NC(=O)O)CC1. The minimum Gasteiger partial charge on any atom is -0.465 e. The van der Waals surface area contributed by atoms with Crippen molar-refractivity contribution in [2.24, 2.45) is 5.92 Å². The second-order valence-electron chi connectivity index (χ2n) is 6.91. The maximum absolute atomic E-state index is 10.7. The Morgan fingerprint density at radius 3 is 2.43 bits per heavy atom. The topological polar surface area (TPSA) is 61.4 Å². The molecule has 124 valence electrons. The molecular formula is C19H26N2O2. The molecule has 0 aliphatic heterocycles. The molecule has 2 aliphatic carbocycles. The van der Waals surface area contributed by atoms with Crippen molar-refractivity contribution in [1.82, 2.24) is 10.6 Å². The van der Waals surface area contributed by atoms with Gasteiger partial charge in [-0.1, -0.05) is 42.0 Å². The Balaban J connectivity index is 1.43.